The highest BCUT2D eigenvalue weighted by molar-refractivity contribution is 7.90. The van der Waals surface area contributed by atoms with Crippen LogP contribution in [0.4, 0.5) is 17.3 Å². The van der Waals surface area contributed by atoms with Gasteiger partial charge in [0.1, 0.15) is 5.82 Å². The van der Waals surface area contributed by atoms with Crippen molar-refractivity contribution >= 4 is 33.1 Å². The number of aliphatic hydroxyl groups is 1. The van der Waals surface area contributed by atoms with Crippen LogP contribution in [0.1, 0.15) is 48.8 Å². The summed E-state index contributed by atoms with van der Waals surface area (Å²) in [5, 5.41) is 16.0. The summed E-state index contributed by atoms with van der Waals surface area (Å²) in [5.74, 6) is -0.152. The van der Waals surface area contributed by atoms with E-state index in [1.54, 1.807) is 18.2 Å². The number of aliphatic hydroxyl groups excluding tert-OH is 1. The zero-order valence-corrected chi connectivity index (χ0v) is 17.9. The van der Waals surface area contributed by atoms with Gasteiger partial charge in [-0.05, 0) is 44.2 Å². The summed E-state index contributed by atoms with van der Waals surface area (Å²) in [7, 11) is -3.50. The number of hydrogen-bond acceptors (Lipinski definition) is 8. The van der Waals surface area contributed by atoms with Crippen LogP contribution in [0.2, 0.25) is 0 Å². The second kappa shape index (κ2) is 8.97. The molecule has 0 atom stereocenters. The van der Waals surface area contributed by atoms with Crippen LogP contribution < -0.4 is 16.4 Å². The van der Waals surface area contributed by atoms with Crippen LogP contribution in [0.3, 0.4) is 0 Å². The van der Waals surface area contributed by atoms with Gasteiger partial charge in [0.2, 0.25) is 0 Å². The Kier molecular flexibility index (Phi) is 6.57. The number of anilines is 3. The van der Waals surface area contributed by atoms with Crippen molar-refractivity contribution in [2.45, 2.75) is 56.1 Å². The number of carbonyl (C=O) groups excluding carboxylic acids is 1. The van der Waals surface area contributed by atoms with E-state index < -0.39 is 15.7 Å². The zero-order valence-electron chi connectivity index (χ0n) is 17.1. The number of amides is 1. The summed E-state index contributed by atoms with van der Waals surface area (Å²) >= 11 is 0. The monoisotopic (exact) mass is 433 g/mol. The Morgan fingerprint density at radius 3 is 2.43 bits per heavy atom. The topological polar surface area (TPSA) is 147 Å². The number of primary amides is 1. The van der Waals surface area contributed by atoms with Crippen molar-refractivity contribution in [3.8, 4) is 0 Å². The van der Waals surface area contributed by atoms with Gasteiger partial charge in [-0.3, -0.25) is 4.79 Å². The summed E-state index contributed by atoms with van der Waals surface area (Å²) in [6.45, 7) is 1.90. The summed E-state index contributed by atoms with van der Waals surface area (Å²) < 4.78 is 24.2. The van der Waals surface area contributed by atoms with Gasteiger partial charge < -0.3 is 21.5 Å². The summed E-state index contributed by atoms with van der Waals surface area (Å²) in [6.07, 6.45) is 4.37. The minimum absolute atomic E-state index is 0.0558. The van der Waals surface area contributed by atoms with E-state index in [2.05, 4.69) is 20.6 Å². The van der Waals surface area contributed by atoms with Crippen molar-refractivity contribution < 1.29 is 18.3 Å². The van der Waals surface area contributed by atoms with Gasteiger partial charge in [-0.25, -0.2) is 18.4 Å². The maximum Gasteiger partial charge on any atom is 0.271 e. The number of aryl methyl sites for hydroxylation is 1. The quantitative estimate of drug-likeness (QED) is 0.518. The lowest BCUT2D eigenvalue weighted by molar-refractivity contribution is 0.0996. The molecule has 0 spiro atoms. The number of benzene rings is 1. The molecule has 0 saturated heterocycles. The molecule has 1 amide bonds. The van der Waals surface area contributed by atoms with Crippen LogP contribution in [0.15, 0.2) is 29.2 Å². The van der Waals surface area contributed by atoms with Gasteiger partial charge in [0.15, 0.2) is 21.3 Å². The van der Waals surface area contributed by atoms with Crippen molar-refractivity contribution in [2.75, 3.05) is 16.9 Å². The Balaban J connectivity index is 2.00. The number of nitrogens with zero attached hydrogens (tertiary/aromatic N) is 2. The van der Waals surface area contributed by atoms with Gasteiger partial charge >= 0.3 is 0 Å². The van der Waals surface area contributed by atoms with E-state index in [0.717, 1.165) is 19.1 Å². The standard InChI is InChI=1S/C20H27N5O4S/c1-3-14-19(22-12-8-10-13(26)11-9-12)25-20(17(23-14)18(21)27)24-15-6-4-5-7-16(15)30(2,28)29/h4-7,12-13,26H,3,8-11H2,1-2H3,(H2,21,27)(H2,22,24,25). The molecule has 0 unspecified atom stereocenters. The lowest BCUT2D eigenvalue weighted by atomic mass is 9.93. The van der Waals surface area contributed by atoms with Crippen LogP contribution in [-0.2, 0) is 16.3 Å². The molecule has 1 fully saturated rings. The summed E-state index contributed by atoms with van der Waals surface area (Å²) in [6, 6.07) is 6.49. The molecule has 1 aromatic carbocycles. The first kappa shape index (κ1) is 22.0. The maximum atomic E-state index is 12.1. The largest absolute Gasteiger partial charge is 0.393 e. The molecular weight excluding hydrogens is 406 g/mol. The predicted octanol–water partition coefficient (Wildman–Crippen LogP) is 2.00. The van der Waals surface area contributed by atoms with Gasteiger partial charge in [0, 0.05) is 12.3 Å². The van der Waals surface area contributed by atoms with E-state index >= 15 is 0 Å². The van der Waals surface area contributed by atoms with Crippen LogP contribution in [-0.4, -0.2) is 47.8 Å². The Hall–Kier alpha value is -2.72. The second-order valence-corrected chi connectivity index (χ2v) is 9.46. The van der Waals surface area contributed by atoms with E-state index in [1.807, 2.05) is 6.92 Å². The van der Waals surface area contributed by atoms with Crippen molar-refractivity contribution in [2.24, 2.45) is 5.73 Å². The van der Waals surface area contributed by atoms with Gasteiger partial charge in [0.05, 0.1) is 22.4 Å². The van der Waals surface area contributed by atoms with Crippen LogP contribution in [0.25, 0.3) is 0 Å². The third-order valence-corrected chi connectivity index (χ3v) is 6.27. The number of nitrogens with two attached hydrogens (primary N) is 1. The molecule has 10 heteroatoms. The van der Waals surface area contributed by atoms with E-state index in [4.69, 9.17) is 5.73 Å². The molecule has 0 bridgehead atoms. The van der Waals surface area contributed by atoms with Gasteiger partial charge in [-0.2, -0.15) is 0 Å². The second-order valence-electron chi connectivity index (χ2n) is 7.48. The van der Waals surface area contributed by atoms with Crippen molar-refractivity contribution in [1.82, 2.24) is 9.97 Å². The Morgan fingerprint density at radius 2 is 1.83 bits per heavy atom. The lowest BCUT2D eigenvalue weighted by Gasteiger charge is -2.27. The normalized spacial score (nSPS) is 19.3. The van der Waals surface area contributed by atoms with E-state index in [9.17, 15) is 18.3 Å². The fourth-order valence-electron chi connectivity index (χ4n) is 3.53. The van der Waals surface area contributed by atoms with Crippen molar-refractivity contribution in [3.05, 3.63) is 35.7 Å². The Labute approximate surface area is 176 Å². The minimum atomic E-state index is -3.50. The highest BCUT2D eigenvalue weighted by Gasteiger charge is 2.23. The molecule has 1 saturated carbocycles. The van der Waals surface area contributed by atoms with E-state index in [1.165, 1.54) is 6.07 Å². The van der Waals surface area contributed by atoms with Gasteiger partial charge in [-0.15, -0.1) is 0 Å². The zero-order chi connectivity index (χ0) is 21.9. The van der Waals surface area contributed by atoms with Gasteiger partial charge in [-0.1, -0.05) is 19.1 Å². The van der Waals surface area contributed by atoms with E-state index in [0.29, 0.717) is 30.8 Å². The van der Waals surface area contributed by atoms with Crippen molar-refractivity contribution in [1.29, 1.82) is 0 Å². The van der Waals surface area contributed by atoms with Crippen LogP contribution >= 0.6 is 0 Å². The molecule has 9 nitrogen and oxygen atoms in total. The SMILES string of the molecule is CCc1nc(C(N)=O)c(Nc2ccccc2S(C)(=O)=O)nc1NC1CCC(O)CC1. The molecule has 5 N–H and O–H groups in total. The summed E-state index contributed by atoms with van der Waals surface area (Å²) in [4.78, 5) is 21.0. The molecule has 1 aromatic heterocycles. The Bertz CT molecular complexity index is 1030. The number of rotatable bonds is 7. The number of para-hydroxylation sites is 1. The molecule has 3 rings (SSSR count). The summed E-state index contributed by atoms with van der Waals surface area (Å²) in [5.41, 5.74) is 6.34. The number of carbonyl (C=O) groups is 1. The highest BCUT2D eigenvalue weighted by atomic mass is 32.2. The third kappa shape index (κ3) is 5.06. The predicted molar refractivity (Wildman–Crippen MR) is 115 cm³/mol. The first-order valence-electron chi connectivity index (χ1n) is 9.90. The number of hydrogen-bond donors (Lipinski definition) is 4. The van der Waals surface area contributed by atoms with Crippen LogP contribution in [0, 0.1) is 0 Å². The molecule has 30 heavy (non-hydrogen) atoms. The number of nitrogens with one attached hydrogen (secondary N) is 2. The number of aromatic nitrogens is 2. The van der Waals surface area contributed by atoms with E-state index in [-0.39, 0.29) is 34.2 Å². The van der Waals surface area contributed by atoms with Crippen LogP contribution in [0.5, 0.6) is 0 Å². The van der Waals surface area contributed by atoms with Crippen molar-refractivity contribution in [3.63, 3.8) is 0 Å². The molecule has 1 aliphatic carbocycles. The molecule has 2 aromatic rings. The molecule has 1 aliphatic rings. The average molecular weight is 434 g/mol. The molecule has 1 heterocycles. The van der Waals surface area contributed by atoms with Gasteiger partial charge in [0.25, 0.3) is 5.91 Å². The Morgan fingerprint density at radius 1 is 1.17 bits per heavy atom. The first-order chi connectivity index (χ1) is 14.2. The first-order valence-corrected chi connectivity index (χ1v) is 11.8. The average Bonchev–Trinajstić information content (AvgIpc) is 2.69. The molecular formula is C20H27N5O4S. The molecule has 0 radical (unpaired) electrons. The molecule has 162 valence electrons. The maximum absolute atomic E-state index is 12.1. The smallest absolute Gasteiger partial charge is 0.271 e. The third-order valence-electron chi connectivity index (χ3n) is 5.11. The number of sulfone groups is 1. The molecule has 0 aliphatic heterocycles. The minimum Gasteiger partial charge on any atom is -0.393 e. The highest BCUT2D eigenvalue weighted by Crippen LogP contribution is 2.28. The fourth-order valence-corrected chi connectivity index (χ4v) is 4.37. The lowest BCUT2D eigenvalue weighted by Crippen LogP contribution is -2.29. The fraction of sp³-hybridized carbons (Fsp3) is 0.450.